The molecule has 3 rings (SSSR count). The first kappa shape index (κ1) is 22.2. The highest BCUT2D eigenvalue weighted by molar-refractivity contribution is 6.35. The molecular weight excluding hydrogens is 409 g/mol. The monoisotopic (exact) mass is 439 g/mol. The number of halogens is 2. The number of urea groups is 1. The third-order valence-corrected chi connectivity index (χ3v) is 6.65. The van der Waals surface area contributed by atoms with Gasteiger partial charge >= 0.3 is 6.03 Å². The minimum absolute atomic E-state index is 0.0927. The minimum atomic E-state index is -0.0927. The van der Waals surface area contributed by atoms with Crippen LogP contribution in [-0.4, -0.2) is 36.5 Å². The van der Waals surface area contributed by atoms with E-state index in [1.54, 1.807) is 12.1 Å². The van der Waals surface area contributed by atoms with E-state index in [1.807, 2.05) is 11.0 Å². The van der Waals surface area contributed by atoms with Gasteiger partial charge < -0.3 is 15.5 Å². The van der Waals surface area contributed by atoms with Gasteiger partial charge in [-0.1, -0.05) is 61.4 Å². The van der Waals surface area contributed by atoms with Crippen LogP contribution >= 0.6 is 23.2 Å². The Labute approximate surface area is 183 Å². The van der Waals surface area contributed by atoms with Gasteiger partial charge in [-0.3, -0.25) is 4.79 Å². The van der Waals surface area contributed by atoms with E-state index in [0.29, 0.717) is 42.1 Å². The highest BCUT2D eigenvalue weighted by Gasteiger charge is 2.27. The predicted octanol–water partition coefficient (Wildman–Crippen LogP) is 5.00. The molecule has 7 heteroatoms. The van der Waals surface area contributed by atoms with Gasteiger partial charge in [-0.25, -0.2) is 4.79 Å². The number of hydrogen-bond acceptors (Lipinski definition) is 2. The van der Waals surface area contributed by atoms with Crippen molar-refractivity contribution in [3.05, 3.63) is 33.8 Å². The van der Waals surface area contributed by atoms with Crippen molar-refractivity contribution in [1.82, 2.24) is 15.5 Å². The zero-order valence-corrected chi connectivity index (χ0v) is 18.4. The van der Waals surface area contributed by atoms with Crippen LogP contribution in [-0.2, 0) is 11.3 Å². The van der Waals surface area contributed by atoms with Gasteiger partial charge in [0.2, 0.25) is 5.91 Å². The second-order valence-electron chi connectivity index (χ2n) is 8.28. The van der Waals surface area contributed by atoms with E-state index < -0.39 is 0 Å². The maximum absolute atomic E-state index is 12.5. The van der Waals surface area contributed by atoms with E-state index in [1.165, 1.54) is 19.3 Å². The summed E-state index contributed by atoms with van der Waals surface area (Å²) < 4.78 is 0. The van der Waals surface area contributed by atoms with E-state index in [-0.39, 0.29) is 17.9 Å². The Hall–Kier alpha value is -1.46. The average Bonchev–Trinajstić information content (AvgIpc) is 3.14. The van der Waals surface area contributed by atoms with E-state index in [0.717, 1.165) is 37.7 Å². The summed E-state index contributed by atoms with van der Waals surface area (Å²) >= 11 is 12.1. The molecular formula is C22H31Cl2N3O2. The number of nitrogens with one attached hydrogen (secondary N) is 2. The van der Waals surface area contributed by atoms with Crippen LogP contribution in [0.1, 0.15) is 56.9 Å². The summed E-state index contributed by atoms with van der Waals surface area (Å²) in [7, 11) is 0. The molecule has 3 amide bonds. The Morgan fingerprint density at radius 2 is 1.72 bits per heavy atom. The van der Waals surface area contributed by atoms with E-state index in [2.05, 4.69) is 10.6 Å². The Morgan fingerprint density at radius 1 is 1.00 bits per heavy atom. The van der Waals surface area contributed by atoms with Gasteiger partial charge in [0.25, 0.3) is 0 Å². The van der Waals surface area contributed by atoms with Crippen LogP contribution in [0.2, 0.25) is 10.0 Å². The molecule has 160 valence electrons. The molecule has 0 radical (unpaired) electrons. The molecule has 29 heavy (non-hydrogen) atoms. The molecule has 2 fully saturated rings. The summed E-state index contributed by atoms with van der Waals surface area (Å²) in [5.41, 5.74) is 0.839. The summed E-state index contributed by atoms with van der Waals surface area (Å²) in [6.45, 7) is 2.41. The summed E-state index contributed by atoms with van der Waals surface area (Å²) in [5.74, 6) is 0.685. The number of benzene rings is 1. The molecule has 1 unspecified atom stereocenters. The summed E-state index contributed by atoms with van der Waals surface area (Å²) in [6, 6.07) is 5.17. The van der Waals surface area contributed by atoms with Crippen LogP contribution < -0.4 is 10.6 Å². The Bertz CT molecular complexity index is 705. The second-order valence-corrected chi connectivity index (χ2v) is 9.13. The Balaban J connectivity index is 1.38. The summed E-state index contributed by atoms with van der Waals surface area (Å²) in [6.07, 6.45) is 9.06. The van der Waals surface area contributed by atoms with Gasteiger partial charge in [0.1, 0.15) is 0 Å². The molecule has 0 spiro atoms. The van der Waals surface area contributed by atoms with Gasteiger partial charge in [0, 0.05) is 42.1 Å². The number of rotatable bonds is 5. The van der Waals surface area contributed by atoms with Crippen LogP contribution in [0.3, 0.4) is 0 Å². The largest absolute Gasteiger partial charge is 0.356 e. The number of hydrogen-bond donors (Lipinski definition) is 2. The van der Waals surface area contributed by atoms with Crippen LogP contribution in [0.15, 0.2) is 18.2 Å². The normalized spacial score (nSPS) is 20.8. The molecule has 1 aromatic carbocycles. The highest BCUT2D eigenvalue weighted by Crippen LogP contribution is 2.23. The lowest BCUT2D eigenvalue weighted by Gasteiger charge is -2.21. The van der Waals surface area contributed by atoms with Gasteiger partial charge in [-0.05, 0) is 42.9 Å². The van der Waals surface area contributed by atoms with Crippen molar-refractivity contribution in [2.24, 2.45) is 11.8 Å². The quantitative estimate of drug-likeness (QED) is 0.677. The van der Waals surface area contributed by atoms with Gasteiger partial charge in [0.15, 0.2) is 0 Å². The van der Waals surface area contributed by atoms with Crippen molar-refractivity contribution in [1.29, 1.82) is 0 Å². The first-order valence-electron chi connectivity index (χ1n) is 10.8. The molecule has 1 saturated carbocycles. The molecule has 2 N–H and O–H groups in total. The molecule has 1 aliphatic heterocycles. The molecule has 1 aromatic rings. The second kappa shape index (κ2) is 11.1. The highest BCUT2D eigenvalue weighted by atomic mass is 35.5. The fraction of sp³-hybridized carbons (Fsp3) is 0.636. The summed E-state index contributed by atoms with van der Waals surface area (Å²) in [5, 5.41) is 7.20. The van der Waals surface area contributed by atoms with Crippen molar-refractivity contribution in [2.75, 3.05) is 19.6 Å². The fourth-order valence-corrected chi connectivity index (χ4v) is 4.71. The Morgan fingerprint density at radius 3 is 2.45 bits per heavy atom. The van der Waals surface area contributed by atoms with Crippen molar-refractivity contribution in [2.45, 2.75) is 57.9 Å². The minimum Gasteiger partial charge on any atom is -0.356 e. The van der Waals surface area contributed by atoms with Crippen molar-refractivity contribution >= 4 is 35.1 Å². The molecule has 2 aliphatic rings. The van der Waals surface area contributed by atoms with E-state index in [9.17, 15) is 9.59 Å². The molecule has 1 heterocycles. The van der Waals surface area contributed by atoms with Crippen molar-refractivity contribution in [3.63, 3.8) is 0 Å². The third-order valence-electron chi connectivity index (χ3n) is 6.06. The zero-order chi connectivity index (χ0) is 20.6. The smallest absolute Gasteiger partial charge is 0.317 e. The summed E-state index contributed by atoms with van der Waals surface area (Å²) in [4.78, 5) is 26.8. The average molecular weight is 440 g/mol. The molecule has 0 bridgehead atoms. The lowest BCUT2D eigenvalue weighted by atomic mass is 9.90. The number of amides is 3. The Kier molecular flexibility index (Phi) is 8.49. The van der Waals surface area contributed by atoms with Crippen LogP contribution in [0, 0.1) is 11.8 Å². The fourth-order valence-electron chi connectivity index (χ4n) is 4.24. The number of carbonyl (C=O) groups is 2. The van der Waals surface area contributed by atoms with Gasteiger partial charge in [-0.2, -0.15) is 0 Å². The third kappa shape index (κ3) is 6.78. The number of carbonyl (C=O) groups excluding carboxylic acids is 2. The lowest BCUT2D eigenvalue weighted by molar-refractivity contribution is -0.125. The lowest BCUT2D eigenvalue weighted by Crippen LogP contribution is -2.39. The predicted molar refractivity (Wildman–Crippen MR) is 117 cm³/mol. The maximum atomic E-state index is 12.5. The number of nitrogens with zero attached hydrogens (tertiary/aromatic N) is 1. The van der Waals surface area contributed by atoms with Crippen molar-refractivity contribution in [3.8, 4) is 0 Å². The molecule has 1 saturated heterocycles. The van der Waals surface area contributed by atoms with Crippen LogP contribution in [0.4, 0.5) is 4.79 Å². The van der Waals surface area contributed by atoms with E-state index >= 15 is 0 Å². The van der Waals surface area contributed by atoms with E-state index in [4.69, 9.17) is 23.2 Å². The zero-order valence-electron chi connectivity index (χ0n) is 16.9. The maximum Gasteiger partial charge on any atom is 0.317 e. The SMILES string of the molecule is O=C(NCC1CCN(C(=O)NCc2ccc(Cl)cc2Cl)C1)C1CCCCCCC1. The first-order valence-corrected chi connectivity index (χ1v) is 11.5. The van der Waals surface area contributed by atoms with Gasteiger partial charge in [0.05, 0.1) is 0 Å². The molecule has 5 nitrogen and oxygen atoms in total. The molecule has 0 aromatic heterocycles. The standard InChI is InChI=1S/C22H31Cl2N3O2/c23-19-9-8-18(20(24)12-19)14-26-22(29)27-11-10-16(15-27)13-25-21(28)17-6-4-2-1-3-5-7-17/h8-9,12,16-17H,1-7,10-11,13-15H2,(H,25,28)(H,26,29). The van der Waals surface area contributed by atoms with Crippen LogP contribution in [0.25, 0.3) is 0 Å². The van der Waals surface area contributed by atoms with Crippen LogP contribution in [0.5, 0.6) is 0 Å². The van der Waals surface area contributed by atoms with Crippen molar-refractivity contribution < 1.29 is 9.59 Å². The number of likely N-dealkylation sites (tertiary alicyclic amines) is 1. The van der Waals surface area contributed by atoms with Gasteiger partial charge in [-0.15, -0.1) is 0 Å². The first-order chi connectivity index (χ1) is 14.0. The topological polar surface area (TPSA) is 61.4 Å². The molecule has 1 aliphatic carbocycles. The molecule has 1 atom stereocenters.